The minimum atomic E-state index is -1.94. The first kappa shape index (κ1) is 15.0. The molecule has 0 aliphatic carbocycles. The molecule has 0 heterocycles. The number of rotatable bonds is 2. The molecule has 0 amide bonds. The second-order valence-corrected chi connectivity index (χ2v) is 7.83. The Hall–Kier alpha value is 2.01. The Bertz CT molecular complexity index is 147. The largest absolute Gasteiger partial charge is 0.378 e. The van der Waals surface area contributed by atoms with Crippen LogP contribution in [-0.2, 0) is 0 Å². The molecule has 0 radical (unpaired) electrons. The minimum absolute atomic E-state index is 0.433. The van der Waals surface area contributed by atoms with E-state index in [-0.39, 0.29) is 0 Å². The monoisotopic (exact) mass is 326 g/mol. The van der Waals surface area contributed by atoms with Crippen LogP contribution in [-0.4, -0.2) is 28.7 Å². The van der Waals surface area contributed by atoms with Gasteiger partial charge >= 0.3 is 0 Å². The van der Waals surface area contributed by atoms with Crippen LogP contribution in [0.5, 0.6) is 0 Å². The zero-order valence-corrected chi connectivity index (χ0v) is 11.1. The molecule has 0 bridgehead atoms. The van der Waals surface area contributed by atoms with Crippen molar-refractivity contribution in [3.63, 3.8) is 0 Å². The summed E-state index contributed by atoms with van der Waals surface area (Å²) in [5.74, 6) is 0. The molecule has 0 aliphatic rings. The summed E-state index contributed by atoms with van der Waals surface area (Å²) in [6, 6.07) is 0. The fraction of sp³-hybridized carbons (Fsp3) is 1.00. The molecule has 0 aromatic carbocycles. The number of aliphatic hydroxyl groups excluding tert-OH is 2. The van der Waals surface area contributed by atoms with Crippen LogP contribution in [0.15, 0.2) is 0 Å². The Morgan fingerprint density at radius 1 is 0.769 bits per heavy atom. The van der Waals surface area contributed by atoms with Crippen LogP contribution >= 0.6 is 81.4 Å². The molecular weight excluding hydrogens is 325 g/mol. The fourth-order valence-corrected chi connectivity index (χ4v) is 1.76. The third kappa shape index (κ3) is 6.23. The molecule has 2 N–H and O–H groups in total. The molecule has 0 unspecified atom stereocenters. The minimum Gasteiger partial charge on any atom is -0.378 e. The Kier molecular flexibility index (Phi) is 6.20. The van der Waals surface area contributed by atoms with Crippen LogP contribution in [0, 0.1) is 0 Å². The molecule has 0 aromatic rings. The van der Waals surface area contributed by atoms with Gasteiger partial charge in [-0.1, -0.05) is 81.4 Å². The highest BCUT2D eigenvalue weighted by molar-refractivity contribution is 8.00. The number of aliphatic hydroxyl groups is 2. The molecule has 2 atom stereocenters. The van der Waals surface area contributed by atoms with Gasteiger partial charge in [-0.3, -0.25) is 0 Å². The van der Waals surface area contributed by atoms with Gasteiger partial charge in [0, 0.05) is 0 Å². The highest BCUT2D eigenvalue weighted by Gasteiger charge is 2.39. The first-order valence-electron chi connectivity index (χ1n) is 2.70. The fourth-order valence-electron chi connectivity index (χ4n) is 0.276. The van der Waals surface area contributed by atoms with Gasteiger partial charge in [-0.25, -0.2) is 0 Å². The second kappa shape index (κ2) is 5.37. The van der Waals surface area contributed by atoms with Crippen molar-refractivity contribution in [1.82, 2.24) is 0 Å². The van der Waals surface area contributed by atoms with Gasteiger partial charge in [-0.2, -0.15) is 0 Å². The van der Waals surface area contributed by atoms with Crippen molar-refractivity contribution >= 4 is 81.4 Å². The van der Waals surface area contributed by atoms with E-state index in [2.05, 4.69) is 0 Å². The first-order chi connectivity index (χ1) is 5.55. The van der Waals surface area contributed by atoms with Gasteiger partial charge in [0.25, 0.3) is 0 Å². The first-order valence-corrected chi connectivity index (χ1v) is 5.91. The van der Waals surface area contributed by atoms with Crippen molar-refractivity contribution in [3.05, 3.63) is 0 Å². The van der Waals surface area contributed by atoms with E-state index in [0.717, 1.165) is 0 Å². The van der Waals surface area contributed by atoms with E-state index in [9.17, 15) is 0 Å². The maximum atomic E-state index is 9.15. The summed E-state index contributed by atoms with van der Waals surface area (Å²) in [5.41, 5.74) is -2.97. The van der Waals surface area contributed by atoms with Crippen molar-refractivity contribution in [2.24, 2.45) is 0 Å². The lowest BCUT2D eigenvalue weighted by Gasteiger charge is -2.24. The van der Waals surface area contributed by atoms with Gasteiger partial charge in [0.15, 0.2) is 0 Å². The average Bonchev–Trinajstić information content (AvgIpc) is 1.82. The molecule has 2 nitrogen and oxygen atoms in total. The van der Waals surface area contributed by atoms with E-state index >= 15 is 0 Å². The van der Waals surface area contributed by atoms with E-state index in [4.69, 9.17) is 79.8 Å². The Labute approximate surface area is 109 Å². The van der Waals surface area contributed by atoms with Crippen LogP contribution in [0.25, 0.3) is 0 Å². The number of alkyl halides is 6. The lowest BCUT2D eigenvalue weighted by Crippen LogP contribution is -2.30. The standard InChI is InChI=1S/C4H4Cl6O2S/c5-3(6,7)1(11)13-2(12)4(8,9)10/h1-2,11-12H/t1-,2-/m1/s1. The number of halogens is 6. The summed E-state index contributed by atoms with van der Waals surface area (Å²) in [6.45, 7) is 0. The third-order valence-corrected chi connectivity index (χ3v) is 4.06. The van der Waals surface area contributed by atoms with Gasteiger partial charge < -0.3 is 10.2 Å². The maximum Gasteiger partial charge on any atom is 0.225 e. The van der Waals surface area contributed by atoms with Crippen molar-refractivity contribution in [2.75, 3.05) is 0 Å². The smallest absolute Gasteiger partial charge is 0.225 e. The zero-order chi connectivity index (χ0) is 10.9. The van der Waals surface area contributed by atoms with Crippen LogP contribution in [0.2, 0.25) is 0 Å². The van der Waals surface area contributed by atoms with Crippen molar-refractivity contribution < 1.29 is 10.2 Å². The highest BCUT2D eigenvalue weighted by atomic mass is 35.6. The van der Waals surface area contributed by atoms with E-state index < -0.39 is 18.5 Å². The zero-order valence-electron chi connectivity index (χ0n) is 5.73. The predicted molar refractivity (Wildman–Crippen MR) is 60.2 cm³/mol. The van der Waals surface area contributed by atoms with E-state index in [1.165, 1.54) is 0 Å². The molecule has 0 saturated heterocycles. The molecule has 0 rings (SSSR count). The van der Waals surface area contributed by atoms with Crippen LogP contribution < -0.4 is 0 Å². The van der Waals surface area contributed by atoms with Crippen molar-refractivity contribution in [1.29, 1.82) is 0 Å². The van der Waals surface area contributed by atoms with Gasteiger partial charge in [0.05, 0.1) is 0 Å². The normalized spacial score (nSPS) is 18.5. The summed E-state index contributed by atoms with van der Waals surface area (Å²) in [6.07, 6.45) is 0. The number of hydrogen-bond acceptors (Lipinski definition) is 3. The number of hydrogen-bond donors (Lipinski definition) is 2. The molecule has 80 valence electrons. The second-order valence-electron chi connectivity index (χ2n) is 1.92. The molecular formula is C4H4Cl6O2S. The maximum absolute atomic E-state index is 9.15. The van der Waals surface area contributed by atoms with E-state index in [0.29, 0.717) is 11.8 Å². The SMILES string of the molecule is O[C@H](S[C@@H](O)C(Cl)(Cl)Cl)C(Cl)(Cl)Cl. The van der Waals surface area contributed by atoms with Gasteiger partial charge in [0.2, 0.25) is 7.59 Å². The average molecular weight is 329 g/mol. The molecule has 0 aromatic heterocycles. The van der Waals surface area contributed by atoms with Crippen LogP contribution in [0.3, 0.4) is 0 Å². The highest BCUT2D eigenvalue weighted by Crippen LogP contribution is 2.43. The summed E-state index contributed by atoms with van der Waals surface area (Å²) < 4.78 is -3.89. The molecule has 0 aliphatic heterocycles. The van der Waals surface area contributed by atoms with Gasteiger partial charge in [-0.05, 0) is 0 Å². The lowest BCUT2D eigenvalue weighted by atomic mass is 10.8. The van der Waals surface area contributed by atoms with Crippen molar-refractivity contribution in [3.8, 4) is 0 Å². The Morgan fingerprint density at radius 3 is 1.15 bits per heavy atom. The van der Waals surface area contributed by atoms with Crippen LogP contribution in [0.1, 0.15) is 0 Å². The molecule has 9 heteroatoms. The van der Waals surface area contributed by atoms with E-state index in [1.54, 1.807) is 0 Å². The van der Waals surface area contributed by atoms with Gasteiger partial charge in [-0.15, -0.1) is 0 Å². The summed E-state index contributed by atoms with van der Waals surface area (Å²) >= 11 is 32.2. The summed E-state index contributed by atoms with van der Waals surface area (Å²) in [7, 11) is 0. The number of thioether (sulfide) groups is 1. The van der Waals surface area contributed by atoms with Crippen LogP contribution in [0.4, 0.5) is 0 Å². The van der Waals surface area contributed by atoms with Gasteiger partial charge in [0.1, 0.15) is 10.9 Å². The van der Waals surface area contributed by atoms with E-state index in [1.807, 2.05) is 0 Å². The third-order valence-electron chi connectivity index (χ3n) is 0.818. The molecule has 13 heavy (non-hydrogen) atoms. The molecule has 0 spiro atoms. The van der Waals surface area contributed by atoms with Crippen molar-refractivity contribution in [2.45, 2.75) is 18.5 Å². The molecule has 0 fully saturated rings. The predicted octanol–water partition coefficient (Wildman–Crippen LogP) is 3.10. The topological polar surface area (TPSA) is 40.5 Å². The quantitative estimate of drug-likeness (QED) is 0.604. The lowest BCUT2D eigenvalue weighted by molar-refractivity contribution is 0.240. The molecule has 0 saturated carbocycles. The summed E-state index contributed by atoms with van der Waals surface area (Å²) in [5, 5.41) is 18.3. The Morgan fingerprint density at radius 2 is 1.00 bits per heavy atom. The summed E-state index contributed by atoms with van der Waals surface area (Å²) in [4.78, 5) is 0. The Balaban J connectivity index is 4.15.